The number of rotatable bonds is 23. The Hall–Kier alpha value is -2.18. The molecule has 2 unspecified atom stereocenters. The summed E-state index contributed by atoms with van der Waals surface area (Å²) in [5, 5.41) is 0. The fraction of sp³-hybridized carbons (Fsp3) is 0.688. The van der Waals surface area contributed by atoms with Crippen molar-refractivity contribution in [2.45, 2.75) is 136 Å². The van der Waals surface area contributed by atoms with E-state index < -0.39 is 17.5 Å². The van der Waals surface area contributed by atoms with Crippen LogP contribution >= 0.6 is 0 Å². The minimum absolute atomic E-state index is 0.0416. The molecule has 0 aliphatic rings. The maximum atomic E-state index is 12.2. The summed E-state index contributed by atoms with van der Waals surface area (Å²) in [6.07, 6.45) is 21.4. The molecule has 0 spiro atoms. The first-order valence-electron chi connectivity index (χ1n) is 15.2. The first-order chi connectivity index (χ1) is 18.6. The monoisotopic (exact) mass is 528 g/mol. The SMILES string of the molecule is CCCCCCCCCCCCCCCCC(COC(CC)n1ccc(=O)[nH]c1=O)OCc1ccccc1. The number of nitrogens with one attached hydrogen (secondary N) is 1. The number of nitrogens with zero attached hydrogens (tertiary/aromatic N) is 1. The maximum Gasteiger partial charge on any atom is 0.330 e. The topological polar surface area (TPSA) is 73.3 Å². The third-order valence-electron chi connectivity index (χ3n) is 7.19. The van der Waals surface area contributed by atoms with Gasteiger partial charge in [-0.1, -0.05) is 134 Å². The molecule has 0 aliphatic carbocycles. The predicted octanol–water partition coefficient (Wildman–Crippen LogP) is 7.92. The van der Waals surface area contributed by atoms with Crippen molar-refractivity contribution >= 4 is 0 Å². The molecule has 0 aliphatic heterocycles. The Labute approximate surface area is 230 Å². The van der Waals surface area contributed by atoms with E-state index in [4.69, 9.17) is 9.47 Å². The Morgan fingerprint density at radius 2 is 1.32 bits per heavy atom. The lowest BCUT2D eigenvalue weighted by atomic mass is 10.0. The number of benzene rings is 1. The number of ether oxygens (including phenoxy) is 2. The summed E-state index contributed by atoms with van der Waals surface area (Å²) >= 11 is 0. The van der Waals surface area contributed by atoms with E-state index in [9.17, 15) is 9.59 Å². The van der Waals surface area contributed by atoms with Crippen LogP contribution in [0.5, 0.6) is 0 Å². The first kappa shape index (κ1) is 32.0. The van der Waals surface area contributed by atoms with Crippen LogP contribution in [0.3, 0.4) is 0 Å². The molecule has 1 N–H and O–H groups in total. The fourth-order valence-electron chi connectivity index (χ4n) is 4.84. The van der Waals surface area contributed by atoms with Gasteiger partial charge in [0.2, 0.25) is 0 Å². The van der Waals surface area contributed by atoms with E-state index in [1.54, 1.807) is 0 Å². The van der Waals surface area contributed by atoms with E-state index >= 15 is 0 Å². The molecule has 0 radical (unpaired) electrons. The molecule has 0 saturated heterocycles. The van der Waals surface area contributed by atoms with Crippen LogP contribution in [0.15, 0.2) is 52.2 Å². The Balaban J connectivity index is 1.68. The van der Waals surface area contributed by atoms with Crippen molar-refractivity contribution in [1.82, 2.24) is 9.55 Å². The second-order valence-corrected chi connectivity index (χ2v) is 10.5. The predicted molar refractivity (Wildman–Crippen MR) is 157 cm³/mol. The van der Waals surface area contributed by atoms with Crippen molar-refractivity contribution in [3.05, 3.63) is 69.0 Å². The number of hydrogen-bond acceptors (Lipinski definition) is 4. The zero-order valence-corrected chi connectivity index (χ0v) is 24.0. The van der Waals surface area contributed by atoms with Gasteiger partial charge in [0.1, 0.15) is 6.23 Å². The number of unbranched alkanes of at least 4 members (excludes halogenated alkanes) is 13. The van der Waals surface area contributed by atoms with Gasteiger partial charge in [0.25, 0.3) is 5.56 Å². The molecule has 1 aromatic carbocycles. The Morgan fingerprint density at radius 1 is 0.737 bits per heavy atom. The second-order valence-electron chi connectivity index (χ2n) is 10.5. The van der Waals surface area contributed by atoms with Crippen LogP contribution in [0.25, 0.3) is 0 Å². The molecule has 0 saturated carbocycles. The molecule has 38 heavy (non-hydrogen) atoms. The lowest BCUT2D eigenvalue weighted by Crippen LogP contribution is -2.33. The van der Waals surface area contributed by atoms with Crippen LogP contribution in [0.2, 0.25) is 0 Å². The minimum Gasteiger partial charge on any atom is -0.371 e. The molecule has 6 heteroatoms. The Kier molecular flexibility index (Phi) is 17.5. The third kappa shape index (κ3) is 14.1. The summed E-state index contributed by atoms with van der Waals surface area (Å²) in [5.41, 5.74) is 0.295. The van der Waals surface area contributed by atoms with E-state index in [0.717, 1.165) is 18.4 Å². The highest BCUT2D eigenvalue weighted by Gasteiger charge is 2.16. The molecular weight excluding hydrogens is 476 g/mol. The Bertz CT molecular complexity index is 940. The van der Waals surface area contributed by atoms with E-state index in [-0.39, 0.29) is 6.10 Å². The number of aromatic amines is 1. The molecule has 1 heterocycles. The highest BCUT2D eigenvalue weighted by atomic mass is 16.5. The van der Waals surface area contributed by atoms with Crippen LogP contribution in [0, 0.1) is 0 Å². The van der Waals surface area contributed by atoms with E-state index in [1.807, 2.05) is 25.1 Å². The van der Waals surface area contributed by atoms with Crippen molar-refractivity contribution in [3.63, 3.8) is 0 Å². The summed E-state index contributed by atoms with van der Waals surface area (Å²) in [5.74, 6) is 0. The van der Waals surface area contributed by atoms with Gasteiger partial charge in [0.15, 0.2) is 0 Å². The van der Waals surface area contributed by atoms with Gasteiger partial charge in [-0.15, -0.1) is 0 Å². The molecule has 1 aromatic heterocycles. The van der Waals surface area contributed by atoms with Crippen LogP contribution < -0.4 is 11.2 Å². The lowest BCUT2D eigenvalue weighted by molar-refractivity contribution is -0.0789. The van der Waals surface area contributed by atoms with Gasteiger partial charge in [0, 0.05) is 12.3 Å². The number of aromatic nitrogens is 2. The largest absolute Gasteiger partial charge is 0.371 e. The van der Waals surface area contributed by atoms with E-state index in [2.05, 4.69) is 24.0 Å². The second kappa shape index (κ2) is 20.7. The minimum atomic E-state index is -0.446. The smallest absolute Gasteiger partial charge is 0.330 e. The highest BCUT2D eigenvalue weighted by molar-refractivity contribution is 5.13. The third-order valence-corrected chi connectivity index (χ3v) is 7.19. The van der Waals surface area contributed by atoms with Crippen LogP contribution in [0.4, 0.5) is 0 Å². The first-order valence-corrected chi connectivity index (χ1v) is 15.2. The summed E-state index contributed by atoms with van der Waals surface area (Å²) in [4.78, 5) is 25.9. The molecule has 2 rings (SSSR count). The molecule has 0 amide bonds. The fourth-order valence-corrected chi connectivity index (χ4v) is 4.84. The molecule has 0 bridgehead atoms. The zero-order valence-electron chi connectivity index (χ0n) is 24.0. The van der Waals surface area contributed by atoms with Crippen LogP contribution in [-0.2, 0) is 16.1 Å². The molecule has 214 valence electrons. The molecule has 6 nitrogen and oxygen atoms in total. The molecule has 0 fully saturated rings. The molecule has 2 atom stereocenters. The summed E-state index contributed by atoms with van der Waals surface area (Å²) < 4.78 is 13.8. The Morgan fingerprint density at radius 3 is 1.87 bits per heavy atom. The van der Waals surface area contributed by atoms with Crippen molar-refractivity contribution in [2.24, 2.45) is 0 Å². The summed E-state index contributed by atoms with van der Waals surface area (Å²) in [6.45, 7) is 5.20. The van der Waals surface area contributed by atoms with Crippen molar-refractivity contribution in [2.75, 3.05) is 6.61 Å². The van der Waals surface area contributed by atoms with Gasteiger partial charge < -0.3 is 9.47 Å². The van der Waals surface area contributed by atoms with Crippen molar-refractivity contribution < 1.29 is 9.47 Å². The quantitative estimate of drug-likeness (QED) is 0.149. The van der Waals surface area contributed by atoms with Gasteiger partial charge in [-0.3, -0.25) is 14.3 Å². The van der Waals surface area contributed by atoms with Crippen molar-refractivity contribution in [1.29, 1.82) is 0 Å². The maximum absolute atomic E-state index is 12.2. The van der Waals surface area contributed by atoms with Crippen LogP contribution in [0.1, 0.15) is 128 Å². The van der Waals surface area contributed by atoms with E-state index in [1.165, 1.54) is 100 Å². The van der Waals surface area contributed by atoms with Gasteiger partial charge in [0.05, 0.1) is 19.3 Å². The summed E-state index contributed by atoms with van der Waals surface area (Å²) in [7, 11) is 0. The van der Waals surface area contributed by atoms with Gasteiger partial charge in [-0.25, -0.2) is 4.79 Å². The van der Waals surface area contributed by atoms with Gasteiger partial charge >= 0.3 is 5.69 Å². The zero-order chi connectivity index (χ0) is 27.3. The van der Waals surface area contributed by atoms with Gasteiger partial charge in [-0.2, -0.15) is 0 Å². The van der Waals surface area contributed by atoms with Crippen LogP contribution in [-0.4, -0.2) is 22.3 Å². The normalized spacial score (nSPS) is 13.0. The average Bonchev–Trinajstić information content (AvgIpc) is 2.93. The summed E-state index contributed by atoms with van der Waals surface area (Å²) in [6, 6.07) is 11.5. The standard InChI is InChI=1S/C32H52N2O4/c1-3-5-6-7-8-9-10-11-12-13-14-15-16-20-23-29(37-26-28-21-18-17-19-22-28)27-38-31(4-2)34-25-24-30(35)33-32(34)36/h17-19,21-22,24-25,29,31H,3-16,20,23,26-27H2,1-2H3,(H,33,35,36). The molecular formula is C32H52N2O4. The number of H-pyrrole nitrogens is 1. The lowest BCUT2D eigenvalue weighted by Gasteiger charge is -2.23. The highest BCUT2D eigenvalue weighted by Crippen LogP contribution is 2.17. The van der Waals surface area contributed by atoms with E-state index in [0.29, 0.717) is 19.6 Å². The van der Waals surface area contributed by atoms with Crippen molar-refractivity contribution in [3.8, 4) is 0 Å². The van der Waals surface area contributed by atoms with Gasteiger partial charge in [-0.05, 0) is 18.4 Å². The molecule has 2 aromatic rings. The number of hydrogen-bond donors (Lipinski definition) is 1. The average molecular weight is 529 g/mol.